The number of amides is 1. The number of anilines is 1. The Bertz CT molecular complexity index is 826. The Morgan fingerprint density at radius 3 is 2.24 bits per heavy atom. The minimum atomic E-state index is 0.310. The summed E-state index contributed by atoms with van der Waals surface area (Å²) in [6.45, 7) is 0.508. The smallest absolute Gasteiger partial charge is 0.223 e. The van der Waals surface area contributed by atoms with Gasteiger partial charge in [0.15, 0.2) is 0 Å². The molecule has 2 aliphatic carbocycles. The van der Waals surface area contributed by atoms with E-state index in [0.29, 0.717) is 30.6 Å². The zero-order chi connectivity index (χ0) is 21.0. The van der Waals surface area contributed by atoms with Crippen LogP contribution in [-0.2, 0) is 11.4 Å². The molecule has 0 atom stereocenters. The number of carbonyl (C=O) groups is 1. The van der Waals surface area contributed by atoms with Crippen molar-refractivity contribution in [3.63, 3.8) is 0 Å². The first-order valence-corrected chi connectivity index (χ1v) is 9.89. The van der Waals surface area contributed by atoms with E-state index in [1.54, 1.807) is 11.1 Å². The number of ether oxygens (including phenoxy) is 1. The van der Waals surface area contributed by atoms with Gasteiger partial charge < -0.3 is 14.9 Å². The fourth-order valence-electron chi connectivity index (χ4n) is 3.39. The number of phenolic OH excluding ortho intramolecular Hbond substituents is 1. The SMILES string of the molecule is CN(N)C=O.CN(N)c1cccc(C2CC2)c1COc1ccc(O)cc1C1CC1. The Morgan fingerprint density at radius 2 is 1.69 bits per heavy atom. The van der Waals surface area contributed by atoms with E-state index in [4.69, 9.17) is 16.4 Å². The van der Waals surface area contributed by atoms with E-state index in [0.717, 1.165) is 22.0 Å². The summed E-state index contributed by atoms with van der Waals surface area (Å²) < 4.78 is 6.20. The number of hydrogen-bond donors (Lipinski definition) is 3. The molecule has 2 aliphatic rings. The molecule has 7 nitrogen and oxygen atoms in total. The lowest BCUT2D eigenvalue weighted by Crippen LogP contribution is -2.27. The van der Waals surface area contributed by atoms with Gasteiger partial charge in [-0.1, -0.05) is 12.1 Å². The van der Waals surface area contributed by atoms with Crippen LogP contribution in [0.4, 0.5) is 5.69 Å². The minimum absolute atomic E-state index is 0.310. The van der Waals surface area contributed by atoms with Gasteiger partial charge in [0.1, 0.15) is 18.1 Å². The predicted octanol–water partition coefficient (Wildman–Crippen LogP) is 2.98. The Balaban J connectivity index is 0.000000431. The largest absolute Gasteiger partial charge is 0.508 e. The highest BCUT2D eigenvalue weighted by atomic mass is 16.5. The number of aromatic hydroxyl groups is 1. The molecule has 29 heavy (non-hydrogen) atoms. The summed E-state index contributed by atoms with van der Waals surface area (Å²) in [6, 6.07) is 11.7. The third-order valence-corrected chi connectivity index (χ3v) is 5.13. The highest BCUT2D eigenvalue weighted by Gasteiger charge is 2.29. The molecule has 4 rings (SSSR count). The van der Waals surface area contributed by atoms with Crippen LogP contribution >= 0.6 is 0 Å². The molecular formula is C22H30N4O3. The van der Waals surface area contributed by atoms with Crippen LogP contribution in [0.25, 0.3) is 0 Å². The highest BCUT2D eigenvalue weighted by molar-refractivity contribution is 5.57. The molecule has 7 heteroatoms. The monoisotopic (exact) mass is 398 g/mol. The number of carbonyl (C=O) groups excluding carboxylic acids is 1. The van der Waals surface area contributed by atoms with Crippen molar-refractivity contribution < 1.29 is 14.6 Å². The summed E-state index contributed by atoms with van der Waals surface area (Å²) in [5.41, 5.74) is 4.68. The lowest BCUT2D eigenvalue weighted by molar-refractivity contribution is -0.117. The average molecular weight is 399 g/mol. The second kappa shape index (κ2) is 9.15. The zero-order valence-electron chi connectivity index (χ0n) is 17.0. The van der Waals surface area contributed by atoms with Gasteiger partial charge >= 0.3 is 0 Å². The number of hydrogen-bond acceptors (Lipinski definition) is 6. The van der Waals surface area contributed by atoms with Crippen LogP contribution in [0.2, 0.25) is 0 Å². The maximum Gasteiger partial charge on any atom is 0.223 e. The van der Waals surface area contributed by atoms with Gasteiger partial charge in [-0.25, -0.2) is 11.7 Å². The van der Waals surface area contributed by atoms with Crippen molar-refractivity contribution in [3.8, 4) is 11.5 Å². The van der Waals surface area contributed by atoms with Crippen molar-refractivity contribution in [1.82, 2.24) is 5.01 Å². The van der Waals surface area contributed by atoms with Crippen molar-refractivity contribution in [3.05, 3.63) is 53.1 Å². The van der Waals surface area contributed by atoms with Gasteiger partial charge in [-0.3, -0.25) is 9.80 Å². The minimum Gasteiger partial charge on any atom is -0.508 e. The summed E-state index contributed by atoms with van der Waals surface area (Å²) in [6.07, 6.45) is 5.37. The maximum atomic E-state index is 9.76. The maximum absolute atomic E-state index is 9.76. The van der Waals surface area contributed by atoms with Crippen LogP contribution in [0.15, 0.2) is 36.4 Å². The van der Waals surface area contributed by atoms with E-state index >= 15 is 0 Å². The van der Waals surface area contributed by atoms with Crippen LogP contribution < -0.4 is 21.4 Å². The van der Waals surface area contributed by atoms with Gasteiger partial charge in [0.25, 0.3) is 0 Å². The van der Waals surface area contributed by atoms with Crippen molar-refractivity contribution in [2.45, 2.75) is 44.1 Å². The number of rotatable bonds is 7. The standard InChI is InChI=1S/C20H24N2O2.C2H6N2O/c1-22(21)19-4-2-3-16(13-5-6-13)18(19)12-24-20-10-9-15(23)11-17(20)14-7-8-14;1-4(3)2-5/h2-4,9-11,13-14,23H,5-8,12,21H2,1H3;2H,3H2,1H3. The fraction of sp³-hybridized carbons (Fsp3) is 0.409. The number of benzene rings is 2. The van der Waals surface area contributed by atoms with Gasteiger partial charge in [0.05, 0.1) is 5.69 Å². The second-order valence-electron chi connectivity index (χ2n) is 7.79. The Morgan fingerprint density at radius 1 is 1.07 bits per heavy atom. The Hall–Kier alpha value is -2.77. The summed E-state index contributed by atoms with van der Waals surface area (Å²) >= 11 is 0. The molecule has 0 radical (unpaired) electrons. The van der Waals surface area contributed by atoms with Crippen molar-refractivity contribution in [1.29, 1.82) is 0 Å². The normalized spacial score (nSPS) is 15.2. The molecule has 2 aromatic carbocycles. The number of hydrazine groups is 2. The molecule has 156 valence electrons. The Kier molecular flexibility index (Phi) is 6.61. The second-order valence-corrected chi connectivity index (χ2v) is 7.79. The van der Waals surface area contributed by atoms with Gasteiger partial charge in [-0.05, 0) is 67.3 Å². The summed E-state index contributed by atoms with van der Waals surface area (Å²) in [5.74, 6) is 13.1. The van der Waals surface area contributed by atoms with Crippen LogP contribution in [-0.4, -0.2) is 30.6 Å². The first-order valence-electron chi connectivity index (χ1n) is 9.89. The first-order chi connectivity index (χ1) is 13.9. The molecule has 0 aromatic heterocycles. The van der Waals surface area contributed by atoms with E-state index < -0.39 is 0 Å². The van der Waals surface area contributed by atoms with Crippen LogP contribution in [0.5, 0.6) is 11.5 Å². The summed E-state index contributed by atoms with van der Waals surface area (Å²) in [5, 5.41) is 12.4. The lowest BCUT2D eigenvalue weighted by atomic mass is 10.0. The topological polar surface area (TPSA) is 105 Å². The number of phenols is 1. The van der Waals surface area contributed by atoms with Crippen LogP contribution in [0.3, 0.4) is 0 Å². The van der Waals surface area contributed by atoms with Crippen molar-refractivity contribution in [2.24, 2.45) is 11.7 Å². The van der Waals surface area contributed by atoms with Crippen molar-refractivity contribution in [2.75, 3.05) is 19.1 Å². The molecule has 5 N–H and O–H groups in total. The zero-order valence-corrected chi connectivity index (χ0v) is 17.0. The quantitative estimate of drug-likeness (QED) is 0.287. The van der Waals surface area contributed by atoms with Gasteiger partial charge in [-0.2, -0.15) is 0 Å². The first kappa shape index (κ1) is 21.0. The van der Waals surface area contributed by atoms with E-state index in [2.05, 4.69) is 12.1 Å². The van der Waals surface area contributed by atoms with Gasteiger partial charge in [0, 0.05) is 25.2 Å². The molecule has 0 unspecified atom stereocenters. The molecule has 2 fully saturated rings. The number of nitrogens with two attached hydrogens (primary N) is 2. The third-order valence-electron chi connectivity index (χ3n) is 5.13. The van der Waals surface area contributed by atoms with E-state index in [1.165, 1.54) is 43.9 Å². The molecule has 0 aliphatic heterocycles. The van der Waals surface area contributed by atoms with Crippen LogP contribution in [0, 0.1) is 0 Å². The summed E-state index contributed by atoms with van der Waals surface area (Å²) in [7, 11) is 3.33. The predicted molar refractivity (Wildman–Crippen MR) is 113 cm³/mol. The van der Waals surface area contributed by atoms with E-state index in [9.17, 15) is 9.90 Å². The third kappa shape index (κ3) is 5.62. The molecular weight excluding hydrogens is 368 g/mol. The molecule has 0 bridgehead atoms. The highest BCUT2D eigenvalue weighted by Crippen LogP contribution is 2.46. The molecule has 0 spiro atoms. The van der Waals surface area contributed by atoms with Crippen LogP contribution in [0.1, 0.15) is 54.2 Å². The molecule has 2 saturated carbocycles. The number of nitrogens with zero attached hydrogens (tertiary/aromatic N) is 2. The molecule has 1 amide bonds. The van der Waals surface area contributed by atoms with E-state index in [1.807, 2.05) is 25.2 Å². The fourth-order valence-corrected chi connectivity index (χ4v) is 3.39. The van der Waals surface area contributed by atoms with Gasteiger partial charge in [0.2, 0.25) is 6.41 Å². The lowest BCUT2D eigenvalue weighted by Gasteiger charge is -2.21. The molecule has 0 heterocycles. The summed E-state index contributed by atoms with van der Waals surface area (Å²) in [4.78, 5) is 9.31. The van der Waals surface area contributed by atoms with Gasteiger partial charge in [-0.15, -0.1) is 0 Å². The Labute approximate surface area is 171 Å². The molecule has 2 aromatic rings. The average Bonchev–Trinajstić information content (AvgIpc) is 3.59. The molecule has 0 saturated heterocycles. The van der Waals surface area contributed by atoms with E-state index in [-0.39, 0.29) is 0 Å². The van der Waals surface area contributed by atoms with Crippen molar-refractivity contribution >= 4 is 12.1 Å².